The summed E-state index contributed by atoms with van der Waals surface area (Å²) in [5, 5.41) is 4.48. The second-order valence-electron chi connectivity index (χ2n) is 11.0. The normalized spacial score (nSPS) is 11.7. The van der Waals surface area contributed by atoms with Crippen LogP contribution in [0.2, 0.25) is 0 Å². The van der Waals surface area contributed by atoms with E-state index in [0.717, 1.165) is 60.2 Å². The van der Waals surface area contributed by atoms with E-state index >= 15 is 0 Å². The van der Waals surface area contributed by atoms with E-state index in [9.17, 15) is 9.18 Å². The summed E-state index contributed by atoms with van der Waals surface area (Å²) in [6, 6.07) is 14.9. The number of halogens is 1. The average molecular weight is 573 g/mol. The van der Waals surface area contributed by atoms with Crippen molar-refractivity contribution in [2.75, 3.05) is 59.8 Å². The van der Waals surface area contributed by atoms with E-state index in [1.165, 1.54) is 12.1 Å². The minimum atomic E-state index is -0.489. The lowest BCUT2D eigenvalue weighted by Crippen LogP contribution is -2.35. The number of aryl methyl sites for hydroxylation is 2. The van der Waals surface area contributed by atoms with Crippen molar-refractivity contribution in [3.8, 4) is 0 Å². The predicted octanol–water partition coefficient (Wildman–Crippen LogP) is 5.75. The minimum absolute atomic E-state index is 0.216. The molecule has 0 spiro atoms. The molecule has 226 valence electrons. The number of fused-ring (bicyclic) bond motifs is 1. The van der Waals surface area contributed by atoms with Crippen molar-refractivity contribution in [3.05, 3.63) is 71.2 Å². The van der Waals surface area contributed by atoms with Gasteiger partial charge in [-0.3, -0.25) is 0 Å². The third-order valence-corrected chi connectivity index (χ3v) is 6.19. The first-order valence-electron chi connectivity index (χ1n) is 14.3. The van der Waals surface area contributed by atoms with E-state index < -0.39 is 5.60 Å². The van der Waals surface area contributed by atoms with Gasteiger partial charge in [-0.1, -0.05) is 24.3 Å². The number of carbonyl (C=O) groups is 1. The van der Waals surface area contributed by atoms with Crippen LogP contribution in [0.1, 0.15) is 44.1 Å². The van der Waals surface area contributed by atoms with Crippen LogP contribution in [0.5, 0.6) is 0 Å². The molecule has 0 radical (unpaired) electrons. The second-order valence-corrected chi connectivity index (χ2v) is 11.0. The van der Waals surface area contributed by atoms with Crippen LogP contribution in [0.15, 0.2) is 52.9 Å². The maximum absolute atomic E-state index is 13.1. The Morgan fingerprint density at radius 2 is 1.54 bits per heavy atom. The summed E-state index contributed by atoms with van der Waals surface area (Å²) in [4.78, 5) is 13.5. The van der Waals surface area contributed by atoms with Crippen molar-refractivity contribution in [1.29, 1.82) is 0 Å². The van der Waals surface area contributed by atoms with Crippen molar-refractivity contribution in [1.82, 2.24) is 10.2 Å². The van der Waals surface area contributed by atoms with Crippen LogP contribution >= 0.6 is 0 Å². The second kappa shape index (κ2) is 17.1. The Morgan fingerprint density at radius 3 is 2.24 bits per heavy atom. The molecule has 0 atom stereocenters. The van der Waals surface area contributed by atoms with Crippen molar-refractivity contribution < 1.29 is 32.5 Å². The lowest BCUT2D eigenvalue weighted by molar-refractivity contribution is 0.0115. The lowest BCUT2D eigenvalue weighted by Gasteiger charge is -2.24. The average Bonchev–Trinajstić information content (AvgIpc) is 3.34. The van der Waals surface area contributed by atoms with Crippen LogP contribution in [0, 0.1) is 5.82 Å². The van der Waals surface area contributed by atoms with Gasteiger partial charge in [0, 0.05) is 45.1 Å². The van der Waals surface area contributed by atoms with Gasteiger partial charge in [-0.15, -0.1) is 0 Å². The highest BCUT2D eigenvalue weighted by molar-refractivity contribution is 5.78. The van der Waals surface area contributed by atoms with Gasteiger partial charge in [-0.25, -0.2) is 9.18 Å². The van der Waals surface area contributed by atoms with Gasteiger partial charge in [-0.05, 0) is 69.0 Å². The molecule has 0 bridgehead atoms. The molecule has 1 aromatic heterocycles. The Hall–Kier alpha value is -2.98. The zero-order chi connectivity index (χ0) is 29.5. The summed E-state index contributed by atoms with van der Waals surface area (Å²) in [6.45, 7) is 10.8. The smallest absolute Gasteiger partial charge is 0.410 e. The van der Waals surface area contributed by atoms with Crippen LogP contribution in [-0.2, 0) is 38.3 Å². The summed E-state index contributed by atoms with van der Waals surface area (Å²) in [6.07, 6.45) is 2.00. The molecule has 41 heavy (non-hydrogen) atoms. The fourth-order valence-electron chi connectivity index (χ4n) is 4.04. The van der Waals surface area contributed by atoms with Crippen LogP contribution in [0.25, 0.3) is 11.0 Å². The van der Waals surface area contributed by atoms with Gasteiger partial charge < -0.3 is 33.6 Å². The van der Waals surface area contributed by atoms with Gasteiger partial charge in [0.25, 0.3) is 0 Å². The third kappa shape index (κ3) is 13.0. The highest BCUT2D eigenvalue weighted by Crippen LogP contribution is 2.22. The predicted molar refractivity (Wildman–Crippen MR) is 158 cm³/mol. The zero-order valence-corrected chi connectivity index (χ0v) is 24.9. The third-order valence-electron chi connectivity index (χ3n) is 6.19. The van der Waals surface area contributed by atoms with Crippen molar-refractivity contribution >= 4 is 17.1 Å². The van der Waals surface area contributed by atoms with Crippen LogP contribution < -0.4 is 5.32 Å². The number of ether oxygens (including phenoxy) is 4. The molecule has 0 aliphatic carbocycles. The van der Waals surface area contributed by atoms with E-state index in [2.05, 4.69) is 29.6 Å². The van der Waals surface area contributed by atoms with E-state index in [0.29, 0.717) is 46.2 Å². The molecule has 3 aromatic rings. The number of carbonyl (C=O) groups excluding carboxylic acids is 1. The fourth-order valence-corrected chi connectivity index (χ4v) is 4.04. The van der Waals surface area contributed by atoms with Gasteiger partial charge in [0.05, 0.1) is 33.0 Å². The lowest BCUT2D eigenvalue weighted by atomic mass is 10.1. The molecule has 0 saturated heterocycles. The maximum Gasteiger partial charge on any atom is 0.410 e. The number of rotatable bonds is 18. The zero-order valence-electron chi connectivity index (χ0n) is 24.9. The number of nitrogens with zero attached hydrogens (tertiary/aromatic N) is 1. The summed E-state index contributed by atoms with van der Waals surface area (Å²) in [5.41, 5.74) is 2.63. The van der Waals surface area contributed by atoms with Crippen molar-refractivity contribution in [2.24, 2.45) is 0 Å². The van der Waals surface area contributed by atoms with E-state index in [-0.39, 0.29) is 11.9 Å². The Balaban J connectivity index is 1.16. The molecule has 0 saturated carbocycles. The fraction of sp³-hybridized carbons (Fsp3) is 0.531. The topological polar surface area (TPSA) is 82.4 Å². The monoisotopic (exact) mass is 572 g/mol. The van der Waals surface area contributed by atoms with Crippen LogP contribution in [0.4, 0.5) is 9.18 Å². The number of hydrogen-bond donors (Lipinski definition) is 1. The molecule has 0 fully saturated rings. The van der Waals surface area contributed by atoms with Gasteiger partial charge in [0.1, 0.15) is 22.8 Å². The molecular weight excluding hydrogens is 527 g/mol. The molecule has 0 aliphatic heterocycles. The van der Waals surface area contributed by atoms with Gasteiger partial charge >= 0.3 is 6.09 Å². The molecule has 1 N–H and O–H groups in total. The van der Waals surface area contributed by atoms with E-state index in [1.807, 2.05) is 32.9 Å². The van der Waals surface area contributed by atoms with Crippen molar-refractivity contribution in [2.45, 2.75) is 52.2 Å². The largest absolute Gasteiger partial charge is 0.461 e. The number of nitrogens with one attached hydrogen (secondary N) is 1. The summed E-state index contributed by atoms with van der Waals surface area (Å²) in [5.74, 6) is 0.715. The van der Waals surface area contributed by atoms with Crippen LogP contribution in [0.3, 0.4) is 0 Å². The molecule has 3 rings (SSSR count). The summed E-state index contributed by atoms with van der Waals surface area (Å²) in [7, 11) is 1.72. The highest BCUT2D eigenvalue weighted by Gasteiger charge is 2.19. The highest BCUT2D eigenvalue weighted by atomic mass is 19.1. The number of hydrogen-bond acceptors (Lipinski definition) is 7. The van der Waals surface area contributed by atoms with E-state index in [4.69, 9.17) is 23.4 Å². The first-order chi connectivity index (χ1) is 19.7. The molecule has 0 unspecified atom stereocenters. The molecular formula is C32H45FN2O6. The summed E-state index contributed by atoms with van der Waals surface area (Å²) >= 11 is 0. The minimum Gasteiger partial charge on any atom is -0.461 e. The first kappa shape index (κ1) is 32.5. The Bertz CT molecular complexity index is 1180. The standard InChI is InChI=1S/C32H45FN2O6/c1-32(2,3)41-31(36)35(4)15-5-16-37-18-20-39-21-19-38-17-14-34-24-26-6-10-27-23-29(40-30(27)22-26)13-9-25-7-11-28(33)12-8-25/h6-8,10-12,22-23,34H,5,9,13-21,24H2,1-4H3. The molecule has 1 amide bonds. The molecule has 2 aromatic carbocycles. The SMILES string of the molecule is CN(CCCOCCOCCOCCNCc1ccc2cc(CCc3ccc(F)cc3)oc2c1)C(=O)OC(C)(C)C. The molecule has 0 aliphatic rings. The Morgan fingerprint density at radius 1 is 0.878 bits per heavy atom. The molecule has 1 heterocycles. The Kier molecular flexibility index (Phi) is 13.6. The van der Waals surface area contributed by atoms with Gasteiger partial charge in [-0.2, -0.15) is 0 Å². The van der Waals surface area contributed by atoms with Gasteiger partial charge in [0.15, 0.2) is 0 Å². The number of amides is 1. The first-order valence-corrected chi connectivity index (χ1v) is 14.3. The number of benzene rings is 2. The quantitative estimate of drug-likeness (QED) is 0.194. The Labute approximate surface area is 243 Å². The maximum atomic E-state index is 13.1. The van der Waals surface area contributed by atoms with Crippen molar-refractivity contribution in [3.63, 3.8) is 0 Å². The molecule has 8 nitrogen and oxygen atoms in total. The molecule has 9 heteroatoms. The van der Waals surface area contributed by atoms with E-state index in [1.54, 1.807) is 11.9 Å². The summed E-state index contributed by atoms with van der Waals surface area (Å²) < 4.78 is 41.2. The number of furan rings is 1. The van der Waals surface area contributed by atoms with Gasteiger partial charge in [0.2, 0.25) is 0 Å². The van der Waals surface area contributed by atoms with Crippen LogP contribution in [-0.4, -0.2) is 76.4 Å².